The minimum absolute atomic E-state index is 0.281. The maximum atomic E-state index is 11.4. The molecule has 20 heavy (non-hydrogen) atoms. The Hall–Kier alpha value is -1.06. The van der Waals surface area contributed by atoms with Crippen LogP contribution in [0.3, 0.4) is 0 Å². The molecule has 0 bridgehead atoms. The van der Waals surface area contributed by atoms with Crippen LogP contribution in [0.25, 0.3) is 0 Å². The Morgan fingerprint density at radius 2 is 2.15 bits per heavy atom. The molecule has 0 spiro atoms. The first-order valence-electron chi connectivity index (χ1n) is 6.73. The van der Waals surface area contributed by atoms with E-state index in [0.717, 1.165) is 25.1 Å². The number of benzene rings is 1. The molecule has 0 aliphatic carbocycles. The number of alkyl halides is 1. The van der Waals surface area contributed by atoms with Gasteiger partial charge >= 0.3 is 5.97 Å². The Labute approximate surface area is 134 Å². The van der Waals surface area contributed by atoms with E-state index >= 15 is 0 Å². The molecular formula is C16H20INO2. The number of nitrogens with one attached hydrogen (secondary N) is 1. The minimum Gasteiger partial charge on any atom is -0.451 e. The average Bonchev–Trinajstić information content (AvgIpc) is 2.45. The highest BCUT2D eigenvalue weighted by atomic mass is 127. The average molecular weight is 385 g/mol. The topological polar surface area (TPSA) is 38.3 Å². The quantitative estimate of drug-likeness (QED) is 0.196. The number of carbonyl (C=O) groups excluding carboxylic acids is 1. The first kappa shape index (κ1) is 17.0. The van der Waals surface area contributed by atoms with Crippen LogP contribution in [0.2, 0.25) is 0 Å². The second kappa shape index (κ2) is 10.7. The Morgan fingerprint density at radius 1 is 1.40 bits per heavy atom. The summed E-state index contributed by atoms with van der Waals surface area (Å²) in [6, 6.07) is 9.59. The van der Waals surface area contributed by atoms with Crippen molar-refractivity contribution in [3.63, 3.8) is 0 Å². The van der Waals surface area contributed by atoms with Crippen LogP contribution in [-0.4, -0.2) is 23.0 Å². The highest BCUT2D eigenvalue weighted by Gasteiger charge is 1.97. The van der Waals surface area contributed by atoms with E-state index in [4.69, 9.17) is 4.74 Å². The standard InChI is InChI=1S/C16H20INO2/c1-14(17)12-18-11-7-3-6-10-16(19)20-13-15-8-4-2-5-9-15/h2,4-5,8-9,14,18H,3,7,11-13H2,1H3. The van der Waals surface area contributed by atoms with Crippen LogP contribution < -0.4 is 5.32 Å². The molecule has 1 unspecified atom stereocenters. The van der Waals surface area contributed by atoms with E-state index in [9.17, 15) is 4.79 Å². The number of esters is 1. The third-order valence-corrected chi connectivity index (χ3v) is 2.92. The summed E-state index contributed by atoms with van der Waals surface area (Å²) < 4.78 is 5.69. The van der Waals surface area contributed by atoms with Crippen molar-refractivity contribution < 1.29 is 9.53 Å². The van der Waals surface area contributed by atoms with Crippen LogP contribution >= 0.6 is 22.6 Å². The largest absolute Gasteiger partial charge is 0.451 e. The number of carbonyl (C=O) groups is 1. The van der Waals surface area contributed by atoms with Crippen LogP contribution in [0.15, 0.2) is 30.3 Å². The maximum absolute atomic E-state index is 11.4. The number of hydrogen-bond acceptors (Lipinski definition) is 3. The van der Waals surface area contributed by atoms with E-state index in [1.165, 1.54) is 0 Å². The Morgan fingerprint density at radius 3 is 2.85 bits per heavy atom. The summed E-state index contributed by atoms with van der Waals surface area (Å²) in [6.07, 6.45) is 1.66. The zero-order valence-electron chi connectivity index (χ0n) is 11.7. The molecule has 108 valence electrons. The summed E-state index contributed by atoms with van der Waals surface area (Å²) in [6.45, 7) is 4.38. The second-order valence-electron chi connectivity index (χ2n) is 4.45. The van der Waals surface area contributed by atoms with Gasteiger partial charge < -0.3 is 10.1 Å². The maximum Gasteiger partial charge on any atom is 0.384 e. The zero-order chi connectivity index (χ0) is 14.6. The number of rotatable bonds is 7. The van der Waals surface area contributed by atoms with Crippen molar-refractivity contribution in [2.24, 2.45) is 0 Å². The van der Waals surface area contributed by atoms with Crippen molar-refractivity contribution in [3.8, 4) is 11.8 Å². The molecule has 1 atom stereocenters. The lowest BCUT2D eigenvalue weighted by atomic mass is 10.2. The van der Waals surface area contributed by atoms with Crippen molar-refractivity contribution in [1.29, 1.82) is 0 Å². The van der Waals surface area contributed by atoms with Crippen molar-refractivity contribution in [3.05, 3.63) is 35.9 Å². The van der Waals surface area contributed by atoms with Crippen LogP contribution in [0.4, 0.5) is 0 Å². The van der Waals surface area contributed by atoms with Gasteiger partial charge in [-0.25, -0.2) is 4.79 Å². The summed E-state index contributed by atoms with van der Waals surface area (Å²) >= 11 is 2.38. The molecule has 0 aliphatic heterocycles. The number of halogens is 1. The smallest absolute Gasteiger partial charge is 0.384 e. The molecule has 0 saturated heterocycles. The Bertz CT molecular complexity index is 449. The van der Waals surface area contributed by atoms with Gasteiger partial charge in [-0.1, -0.05) is 65.8 Å². The third-order valence-electron chi connectivity index (χ3n) is 2.48. The normalized spacial score (nSPS) is 11.3. The van der Waals surface area contributed by atoms with Crippen molar-refractivity contribution >= 4 is 28.6 Å². The van der Waals surface area contributed by atoms with Gasteiger partial charge in [-0.2, -0.15) is 0 Å². The van der Waals surface area contributed by atoms with Crippen LogP contribution in [-0.2, 0) is 16.1 Å². The van der Waals surface area contributed by atoms with E-state index in [-0.39, 0.29) is 6.61 Å². The molecule has 3 nitrogen and oxygen atoms in total. The van der Waals surface area contributed by atoms with E-state index < -0.39 is 5.97 Å². The first-order valence-corrected chi connectivity index (χ1v) is 7.97. The number of unbranched alkanes of at least 4 members (excludes halogenated alkanes) is 1. The van der Waals surface area contributed by atoms with Crippen molar-refractivity contribution in [2.75, 3.05) is 13.1 Å². The highest BCUT2D eigenvalue weighted by Crippen LogP contribution is 2.00. The second-order valence-corrected chi connectivity index (χ2v) is 6.58. The van der Waals surface area contributed by atoms with Gasteiger partial charge in [0.25, 0.3) is 0 Å². The zero-order valence-corrected chi connectivity index (χ0v) is 13.9. The first-order chi connectivity index (χ1) is 9.68. The molecule has 0 saturated carbocycles. The summed E-state index contributed by atoms with van der Waals surface area (Å²) in [5.74, 6) is 4.90. The monoisotopic (exact) mass is 385 g/mol. The third kappa shape index (κ3) is 8.94. The lowest BCUT2D eigenvalue weighted by Crippen LogP contribution is -2.21. The fourth-order valence-electron chi connectivity index (χ4n) is 1.50. The molecule has 0 radical (unpaired) electrons. The Kier molecular flexibility index (Phi) is 9.09. The molecule has 1 aromatic rings. The van der Waals surface area contributed by atoms with Gasteiger partial charge in [0.1, 0.15) is 6.61 Å². The SMILES string of the molecule is CC(I)CNCCCC#CC(=O)OCc1ccccc1. The molecule has 1 aromatic carbocycles. The van der Waals surface area contributed by atoms with Gasteiger partial charge in [-0.05, 0) is 18.5 Å². The predicted molar refractivity (Wildman–Crippen MR) is 89.6 cm³/mol. The molecule has 1 rings (SSSR count). The summed E-state index contributed by atoms with van der Waals surface area (Å²) in [5.41, 5.74) is 0.972. The fraction of sp³-hybridized carbons (Fsp3) is 0.438. The van der Waals surface area contributed by atoms with Gasteiger partial charge in [0.15, 0.2) is 0 Å². The summed E-state index contributed by atoms with van der Waals surface area (Å²) in [7, 11) is 0. The molecule has 0 aromatic heterocycles. The lowest BCUT2D eigenvalue weighted by molar-refractivity contribution is -0.137. The number of ether oxygens (including phenoxy) is 1. The minimum atomic E-state index is -0.456. The fourth-order valence-corrected chi connectivity index (χ4v) is 1.81. The molecule has 0 amide bonds. The molecule has 0 aliphatic rings. The van der Waals surface area contributed by atoms with Gasteiger partial charge in [0.2, 0.25) is 0 Å². The van der Waals surface area contributed by atoms with Crippen LogP contribution in [0, 0.1) is 11.8 Å². The Balaban J connectivity index is 2.09. The van der Waals surface area contributed by atoms with Gasteiger partial charge in [-0.3, -0.25) is 0 Å². The van der Waals surface area contributed by atoms with E-state index in [0.29, 0.717) is 10.3 Å². The van der Waals surface area contributed by atoms with Crippen LogP contribution in [0.1, 0.15) is 25.3 Å². The number of hydrogen-bond donors (Lipinski definition) is 1. The van der Waals surface area contributed by atoms with E-state index in [1.54, 1.807) is 0 Å². The molecule has 1 N–H and O–H groups in total. The van der Waals surface area contributed by atoms with Crippen molar-refractivity contribution in [2.45, 2.75) is 30.3 Å². The van der Waals surface area contributed by atoms with Gasteiger partial charge in [0.05, 0.1) is 0 Å². The summed E-state index contributed by atoms with van der Waals surface area (Å²) in [4.78, 5) is 11.4. The van der Waals surface area contributed by atoms with E-state index in [2.05, 4.69) is 46.7 Å². The van der Waals surface area contributed by atoms with E-state index in [1.807, 2.05) is 30.3 Å². The predicted octanol–water partition coefficient (Wildman–Crippen LogP) is 2.93. The van der Waals surface area contributed by atoms with Gasteiger partial charge in [-0.15, -0.1) is 0 Å². The molecule has 4 heteroatoms. The lowest BCUT2D eigenvalue weighted by Gasteiger charge is -2.03. The molecular weight excluding hydrogens is 365 g/mol. The molecule has 0 heterocycles. The molecule has 0 fully saturated rings. The van der Waals surface area contributed by atoms with Crippen molar-refractivity contribution in [1.82, 2.24) is 5.32 Å². The summed E-state index contributed by atoms with van der Waals surface area (Å²) in [5, 5.41) is 3.33. The van der Waals surface area contributed by atoms with Crippen LogP contribution in [0.5, 0.6) is 0 Å². The highest BCUT2D eigenvalue weighted by molar-refractivity contribution is 14.1. The van der Waals surface area contributed by atoms with Gasteiger partial charge in [0, 0.05) is 22.8 Å².